The van der Waals surface area contributed by atoms with Crippen molar-refractivity contribution < 1.29 is 38.5 Å². The molecule has 0 spiro atoms. The zero-order valence-electron chi connectivity index (χ0n) is 19.8. The second-order valence-electron chi connectivity index (χ2n) is 8.85. The zero-order chi connectivity index (χ0) is 24.5. The standard InChI is InChI=1S/C20H37N3O8/c1-9-23(17(28)29-10-2)13-11-12-20(14(24)25,21-15(26)30-18(3,4)5)22-16(27)31-19(6,7)8/h9-13H2,1-8H3,(H,21,26)(H,22,27)(H,24,25). The van der Waals surface area contributed by atoms with Crippen molar-refractivity contribution in [2.24, 2.45) is 0 Å². The SMILES string of the molecule is CCOC(=O)N(CC)CCCC(NC(=O)OC(C)(C)C)(NC(=O)OC(C)(C)C)C(=O)O. The van der Waals surface area contributed by atoms with Gasteiger partial charge in [-0.2, -0.15) is 0 Å². The van der Waals surface area contributed by atoms with Gasteiger partial charge in [0.15, 0.2) is 0 Å². The second kappa shape index (κ2) is 11.6. The summed E-state index contributed by atoms with van der Waals surface area (Å²) in [6, 6.07) is 0. The normalized spacial score (nSPS) is 11.9. The third kappa shape index (κ3) is 11.3. The van der Waals surface area contributed by atoms with Crippen molar-refractivity contribution in [3.05, 3.63) is 0 Å². The van der Waals surface area contributed by atoms with Crippen LogP contribution in [0.4, 0.5) is 14.4 Å². The lowest BCUT2D eigenvalue weighted by Gasteiger charge is -2.33. The number of hydrogen-bond acceptors (Lipinski definition) is 7. The topological polar surface area (TPSA) is 144 Å². The highest BCUT2D eigenvalue weighted by atomic mass is 16.6. The van der Waals surface area contributed by atoms with Crippen molar-refractivity contribution in [1.82, 2.24) is 15.5 Å². The number of carboxylic acid groups (broad SMARTS) is 1. The molecule has 0 unspecified atom stereocenters. The van der Waals surface area contributed by atoms with Crippen LogP contribution in [0.15, 0.2) is 0 Å². The molecule has 0 fully saturated rings. The van der Waals surface area contributed by atoms with Crippen molar-refractivity contribution in [2.45, 2.75) is 85.1 Å². The third-order valence-corrected chi connectivity index (χ3v) is 3.68. The maximum absolute atomic E-state index is 12.3. The minimum Gasteiger partial charge on any atom is -0.478 e. The molecule has 0 radical (unpaired) electrons. The van der Waals surface area contributed by atoms with E-state index < -0.39 is 41.1 Å². The van der Waals surface area contributed by atoms with Gasteiger partial charge in [-0.1, -0.05) is 0 Å². The summed E-state index contributed by atoms with van der Waals surface area (Å²) >= 11 is 0. The van der Waals surface area contributed by atoms with Gasteiger partial charge in [0.2, 0.25) is 5.66 Å². The van der Waals surface area contributed by atoms with E-state index in [-0.39, 0.29) is 26.0 Å². The van der Waals surface area contributed by atoms with Crippen LogP contribution in [-0.2, 0) is 19.0 Å². The Bertz CT molecular complexity index is 607. The van der Waals surface area contributed by atoms with Crippen LogP contribution in [0.1, 0.15) is 68.2 Å². The van der Waals surface area contributed by atoms with Gasteiger partial charge in [0.1, 0.15) is 11.2 Å². The molecular weight excluding hydrogens is 410 g/mol. The van der Waals surface area contributed by atoms with Crippen molar-refractivity contribution >= 4 is 24.2 Å². The van der Waals surface area contributed by atoms with Gasteiger partial charge < -0.3 is 24.2 Å². The summed E-state index contributed by atoms with van der Waals surface area (Å²) in [5.41, 5.74) is -3.98. The number of nitrogens with zero attached hydrogens (tertiary/aromatic N) is 1. The summed E-state index contributed by atoms with van der Waals surface area (Å²) in [5, 5.41) is 14.4. The fourth-order valence-corrected chi connectivity index (χ4v) is 2.45. The Kier molecular flexibility index (Phi) is 10.6. The highest BCUT2D eigenvalue weighted by Gasteiger charge is 2.43. The summed E-state index contributed by atoms with van der Waals surface area (Å²) in [6.45, 7) is 13.8. The van der Waals surface area contributed by atoms with E-state index in [1.165, 1.54) is 4.90 Å². The molecule has 0 aromatic heterocycles. The Morgan fingerprint density at radius 2 is 1.32 bits per heavy atom. The molecule has 0 aromatic rings. The Hall–Kier alpha value is -2.72. The van der Waals surface area contributed by atoms with E-state index in [1.807, 2.05) is 0 Å². The number of carbonyl (C=O) groups is 4. The average molecular weight is 448 g/mol. The van der Waals surface area contributed by atoms with Gasteiger partial charge in [-0.25, -0.2) is 19.2 Å². The molecule has 0 heterocycles. The van der Waals surface area contributed by atoms with Gasteiger partial charge in [-0.05, 0) is 61.8 Å². The highest BCUT2D eigenvalue weighted by molar-refractivity contribution is 5.88. The van der Waals surface area contributed by atoms with E-state index in [9.17, 15) is 24.3 Å². The maximum Gasteiger partial charge on any atom is 0.409 e. The number of rotatable bonds is 9. The average Bonchev–Trinajstić information content (AvgIpc) is 2.54. The van der Waals surface area contributed by atoms with Crippen LogP contribution < -0.4 is 10.6 Å². The molecule has 0 saturated carbocycles. The van der Waals surface area contributed by atoms with Gasteiger partial charge in [-0.15, -0.1) is 0 Å². The first kappa shape index (κ1) is 28.3. The number of aliphatic carboxylic acids is 1. The first-order chi connectivity index (χ1) is 14.0. The molecular formula is C20H37N3O8. The maximum atomic E-state index is 12.3. The first-order valence-corrected chi connectivity index (χ1v) is 10.2. The Morgan fingerprint density at radius 1 is 0.871 bits per heavy atom. The lowest BCUT2D eigenvalue weighted by molar-refractivity contribution is -0.147. The fraction of sp³-hybridized carbons (Fsp3) is 0.800. The van der Waals surface area contributed by atoms with Gasteiger partial charge in [-0.3, -0.25) is 10.6 Å². The van der Waals surface area contributed by atoms with Crippen LogP contribution in [0.2, 0.25) is 0 Å². The molecule has 0 aliphatic heterocycles. The quantitative estimate of drug-likeness (QED) is 0.361. The van der Waals surface area contributed by atoms with E-state index in [1.54, 1.807) is 55.4 Å². The minimum absolute atomic E-state index is 0.130. The predicted molar refractivity (Wildman–Crippen MR) is 113 cm³/mol. The number of nitrogens with one attached hydrogen (secondary N) is 2. The number of alkyl carbamates (subject to hydrolysis) is 2. The Labute approximate surface area is 183 Å². The summed E-state index contributed by atoms with van der Waals surface area (Å²) in [4.78, 5) is 50.1. The van der Waals surface area contributed by atoms with Gasteiger partial charge in [0.05, 0.1) is 6.61 Å². The van der Waals surface area contributed by atoms with Crippen molar-refractivity contribution in [3.63, 3.8) is 0 Å². The van der Waals surface area contributed by atoms with Crippen molar-refractivity contribution in [1.29, 1.82) is 0 Å². The highest BCUT2D eigenvalue weighted by Crippen LogP contribution is 2.16. The van der Waals surface area contributed by atoms with Gasteiger partial charge in [0, 0.05) is 19.5 Å². The van der Waals surface area contributed by atoms with E-state index in [0.717, 1.165) is 0 Å². The fourth-order valence-electron chi connectivity index (χ4n) is 2.45. The first-order valence-electron chi connectivity index (χ1n) is 10.2. The van der Waals surface area contributed by atoms with E-state index in [2.05, 4.69) is 10.6 Å². The summed E-state index contributed by atoms with van der Waals surface area (Å²) in [6.07, 6.45) is -2.69. The zero-order valence-corrected chi connectivity index (χ0v) is 19.8. The molecule has 0 aliphatic rings. The van der Waals surface area contributed by atoms with Crippen LogP contribution in [0.5, 0.6) is 0 Å². The number of hydrogen-bond donors (Lipinski definition) is 3. The number of amides is 3. The minimum atomic E-state index is -2.21. The van der Waals surface area contributed by atoms with Crippen LogP contribution in [0.3, 0.4) is 0 Å². The lowest BCUT2D eigenvalue weighted by Crippen LogP contribution is -2.66. The molecule has 180 valence electrons. The summed E-state index contributed by atoms with van der Waals surface area (Å²) in [7, 11) is 0. The molecule has 0 rings (SSSR count). The lowest BCUT2D eigenvalue weighted by atomic mass is 10.0. The molecule has 31 heavy (non-hydrogen) atoms. The van der Waals surface area contributed by atoms with Crippen LogP contribution in [-0.4, -0.2) is 70.8 Å². The van der Waals surface area contributed by atoms with Gasteiger partial charge in [0.25, 0.3) is 0 Å². The Morgan fingerprint density at radius 3 is 1.65 bits per heavy atom. The van der Waals surface area contributed by atoms with Crippen LogP contribution >= 0.6 is 0 Å². The van der Waals surface area contributed by atoms with Crippen LogP contribution in [0.25, 0.3) is 0 Å². The molecule has 0 bridgehead atoms. The monoisotopic (exact) mass is 447 g/mol. The summed E-state index contributed by atoms with van der Waals surface area (Å²) < 4.78 is 15.3. The molecule has 11 nitrogen and oxygen atoms in total. The largest absolute Gasteiger partial charge is 0.478 e. The molecule has 0 aliphatic carbocycles. The second-order valence-corrected chi connectivity index (χ2v) is 8.85. The van der Waals surface area contributed by atoms with Crippen LogP contribution in [0, 0.1) is 0 Å². The van der Waals surface area contributed by atoms with Crippen molar-refractivity contribution in [2.75, 3.05) is 19.7 Å². The van der Waals surface area contributed by atoms with Gasteiger partial charge >= 0.3 is 24.2 Å². The number of ether oxygens (including phenoxy) is 3. The smallest absolute Gasteiger partial charge is 0.409 e. The molecule has 0 atom stereocenters. The molecule has 0 aromatic carbocycles. The summed E-state index contributed by atoms with van der Waals surface area (Å²) in [5.74, 6) is -1.51. The van der Waals surface area contributed by atoms with E-state index in [0.29, 0.717) is 6.54 Å². The van der Waals surface area contributed by atoms with Crippen molar-refractivity contribution in [3.8, 4) is 0 Å². The van der Waals surface area contributed by atoms with E-state index >= 15 is 0 Å². The molecule has 0 saturated heterocycles. The predicted octanol–water partition coefficient (Wildman–Crippen LogP) is 3.08. The molecule has 3 N–H and O–H groups in total. The number of carbonyl (C=O) groups excluding carboxylic acids is 3. The number of carboxylic acids is 1. The Balaban J connectivity index is 5.60. The van der Waals surface area contributed by atoms with E-state index in [4.69, 9.17) is 14.2 Å². The molecule has 11 heteroatoms. The third-order valence-electron chi connectivity index (χ3n) is 3.68. The molecule has 3 amide bonds.